The molecule has 1 N–H and O–H groups in total. The summed E-state index contributed by atoms with van der Waals surface area (Å²) in [4.78, 5) is 8.33. The number of anilines is 1. The Labute approximate surface area is 145 Å². The van der Waals surface area contributed by atoms with E-state index in [1.54, 1.807) is 24.4 Å². The molecule has 0 aliphatic rings. The first kappa shape index (κ1) is 17.3. The number of nitriles is 1. The Morgan fingerprint density at radius 2 is 2.09 bits per heavy atom. The summed E-state index contributed by atoms with van der Waals surface area (Å²) in [6, 6.07) is 7.07. The van der Waals surface area contributed by atoms with E-state index in [-0.39, 0.29) is 5.69 Å². The van der Waals surface area contributed by atoms with Crippen LogP contribution < -0.4 is 10.1 Å². The second kappa shape index (κ2) is 8.00. The number of ether oxygens (including phenoxy) is 1. The topological polar surface area (TPSA) is 70.8 Å². The predicted molar refractivity (Wildman–Crippen MR) is 90.9 cm³/mol. The van der Waals surface area contributed by atoms with Gasteiger partial charge in [-0.2, -0.15) is 5.26 Å². The summed E-state index contributed by atoms with van der Waals surface area (Å²) >= 11 is 12.0. The molecule has 0 aromatic carbocycles. The average molecular weight is 351 g/mol. The Morgan fingerprint density at radius 3 is 2.74 bits per heavy atom. The molecule has 2 aromatic heterocycles. The lowest BCUT2D eigenvalue weighted by Gasteiger charge is -2.11. The van der Waals surface area contributed by atoms with Crippen LogP contribution in [0.4, 0.5) is 5.82 Å². The van der Waals surface area contributed by atoms with Gasteiger partial charge in [-0.05, 0) is 29.7 Å². The van der Waals surface area contributed by atoms with Crippen LogP contribution in [0.2, 0.25) is 10.0 Å². The molecule has 120 valence electrons. The lowest BCUT2D eigenvalue weighted by molar-refractivity contribution is 0.261. The maximum atomic E-state index is 8.92. The van der Waals surface area contributed by atoms with Crippen LogP contribution in [0.15, 0.2) is 24.4 Å². The molecule has 0 amide bonds. The first-order chi connectivity index (χ1) is 11.0. The standard InChI is InChI=1S/C16H16Cl2N4O/c1-10(2)9-23-16-13(18)5-11(8-21-16)7-20-15-4-3-12(17)14(6-19)22-15/h3-5,8,10H,7,9H2,1-2H3,(H,20,22). The van der Waals surface area contributed by atoms with E-state index >= 15 is 0 Å². The highest BCUT2D eigenvalue weighted by Crippen LogP contribution is 2.23. The van der Waals surface area contributed by atoms with Gasteiger partial charge in [0.25, 0.3) is 0 Å². The first-order valence-electron chi connectivity index (χ1n) is 7.07. The molecule has 0 atom stereocenters. The zero-order valence-electron chi connectivity index (χ0n) is 12.8. The molecule has 2 heterocycles. The van der Waals surface area contributed by atoms with Crippen LogP contribution in [0.3, 0.4) is 0 Å². The minimum atomic E-state index is 0.185. The Bertz CT molecular complexity index is 729. The predicted octanol–water partition coefficient (Wildman–Crippen LogP) is 4.30. The third-order valence-electron chi connectivity index (χ3n) is 2.84. The molecule has 5 nitrogen and oxygen atoms in total. The summed E-state index contributed by atoms with van der Waals surface area (Å²) in [5.74, 6) is 1.39. The van der Waals surface area contributed by atoms with Gasteiger partial charge in [0.05, 0.1) is 11.6 Å². The Morgan fingerprint density at radius 1 is 1.30 bits per heavy atom. The van der Waals surface area contributed by atoms with Crippen LogP contribution in [-0.2, 0) is 6.54 Å². The summed E-state index contributed by atoms with van der Waals surface area (Å²) in [6.07, 6.45) is 1.69. The lowest BCUT2D eigenvalue weighted by atomic mass is 10.2. The van der Waals surface area contributed by atoms with Crippen LogP contribution in [0, 0.1) is 17.2 Å². The molecular formula is C16H16Cl2N4O. The van der Waals surface area contributed by atoms with Gasteiger partial charge in [0.1, 0.15) is 16.9 Å². The SMILES string of the molecule is CC(C)COc1ncc(CNc2ccc(Cl)c(C#N)n2)cc1Cl. The van der Waals surface area contributed by atoms with Crippen molar-refractivity contribution in [2.45, 2.75) is 20.4 Å². The molecular weight excluding hydrogens is 335 g/mol. The van der Waals surface area contributed by atoms with E-state index in [2.05, 4.69) is 29.1 Å². The molecule has 0 aliphatic carbocycles. The lowest BCUT2D eigenvalue weighted by Crippen LogP contribution is -2.07. The molecule has 23 heavy (non-hydrogen) atoms. The van der Waals surface area contributed by atoms with Gasteiger partial charge in [-0.15, -0.1) is 0 Å². The number of pyridine rings is 2. The third kappa shape index (κ3) is 4.98. The zero-order chi connectivity index (χ0) is 16.8. The van der Waals surface area contributed by atoms with Gasteiger partial charge in [-0.1, -0.05) is 37.0 Å². The van der Waals surface area contributed by atoms with Crippen molar-refractivity contribution in [1.29, 1.82) is 5.26 Å². The van der Waals surface area contributed by atoms with Crippen molar-refractivity contribution in [3.8, 4) is 11.9 Å². The van der Waals surface area contributed by atoms with Gasteiger partial charge in [0.2, 0.25) is 5.88 Å². The van der Waals surface area contributed by atoms with Crippen molar-refractivity contribution in [2.75, 3.05) is 11.9 Å². The minimum Gasteiger partial charge on any atom is -0.476 e. The summed E-state index contributed by atoms with van der Waals surface area (Å²) in [5.41, 5.74) is 1.06. The van der Waals surface area contributed by atoms with Crippen molar-refractivity contribution in [2.24, 2.45) is 5.92 Å². The second-order valence-corrected chi connectivity index (χ2v) is 6.14. The molecule has 0 radical (unpaired) electrons. The van der Waals surface area contributed by atoms with Crippen molar-refractivity contribution in [3.05, 3.63) is 45.7 Å². The van der Waals surface area contributed by atoms with E-state index in [1.807, 2.05) is 6.07 Å². The van der Waals surface area contributed by atoms with Crippen molar-refractivity contribution in [1.82, 2.24) is 9.97 Å². The Balaban J connectivity index is 2.01. The largest absolute Gasteiger partial charge is 0.476 e. The third-order valence-corrected chi connectivity index (χ3v) is 3.42. The van der Waals surface area contributed by atoms with Gasteiger partial charge in [0, 0.05) is 12.7 Å². The first-order valence-corrected chi connectivity index (χ1v) is 7.83. The molecule has 0 aliphatic heterocycles. The fourth-order valence-electron chi connectivity index (χ4n) is 1.73. The zero-order valence-corrected chi connectivity index (χ0v) is 14.3. The van der Waals surface area contributed by atoms with Crippen molar-refractivity contribution >= 4 is 29.0 Å². The van der Waals surface area contributed by atoms with Gasteiger partial charge < -0.3 is 10.1 Å². The monoisotopic (exact) mass is 350 g/mol. The van der Waals surface area contributed by atoms with E-state index in [0.717, 1.165) is 5.56 Å². The van der Waals surface area contributed by atoms with Crippen LogP contribution in [0.1, 0.15) is 25.1 Å². The van der Waals surface area contributed by atoms with Crippen LogP contribution in [-0.4, -0.2) is 16.6 Å². The second-order valence-electron chi connectivity index (χ2n) is 5.33. The highest BCUT2D eigenvalue weighted by molar-refractivity contribution is 6.32. The number of hydrogen-bond donors (Lipinski definition) is 1. The molecule has 0 spiro atoms. The molecule has 2 aromatic rings. The van der Waals surface area contributed by atoms with Gasteiger partial charge in [-0.25, -0.2) is 9.97 Å². The number of aromatic nitrogens is 2. The quantitative estimate of drug-likeness (QED) is 0.840. The average Bonchev–Trinajstić information content (AvgIpc) is 2.53. The number of rotatable bonds is 6. The Kier molecular flexibility index (Phi) is 6.03. The highest BCUT2D eigenvalue weighted by atomic mass is 35.5. The summed E-state index contributed by atoms with van der Waals surface area (Å²) in [5, 5.41) is 12.8. The van der Waals surface area contributed by atoms with E-state index in [9.17, 15) is 0 Å². The van der Waals surface area contributed by atoms with Gasteiger partial charge in [0.15, 0.2) is 5.69 Å². The van der Waals surface area contributed by atoms with Crippen LogP contribution in [0.5, 0.6) is 5.88 Å². The van der Waals surface area contributed by atoms with E-state index < -0.39 is 0 Å². The molecule has 0 fully saturated rings. The summed E-state index contributed by atoms with van der Waals surface area (Å²) in [7, 11) is 0. The maximum Gasteiger partial charge on any atom is 0.232 e. The number of halogens is 2. The number of nitrogens with zero attached hydrogens (tertiary/aromatic N) is 3. The number of hydrogen-bond acceptors (Lipinski definition) is 5. The van der Waals surface area contributed by atoms with E-state index in [0.29, 0.717) is 40.8 Å². The van der Waals surface area contributed by atoms with Crippen LogP contribution >= 0.6 is 23.2 Å². The van der Waals surface area contributed by atoms with Crippen molar-refractivity contribution < 1.29 is 4.74 Å². The van der Waals surface area contributed by atoms with Gasteiger partial charge >= 0.3 is 0 Å². The molecule has 0 bridgehead atoms. The number of nitrogens with one attached hydrogen (secondary N) is 1. The normalized spacial score (nSPS) is 10.4. The van der Waals surface area contributed by atoms with E-state index in [1.165, 1.54) is 0 Å². The molecule has 7 heteroatoms. The Hall–Kier alpha value is -2.03. The molecule has 2 rings (SSSR count). The fraction of sp³-hybridized carbons (Fsp3) is 0.312. The minimum absolute atomic E-state index is 0.185. The molecule has 0 saturated heterocycles. The fourth-order valence-corrected chi connectivity index (χ4v) is 2.12. The van der Waals surface area contributed by atoms with E-state index in [4.69, 9.17) is 33.2 Å². The maximum absolute atomic E-state index is 8.92. The highest BCUT2D eigenvalue weighted by Gasteiger charge is 2.07. The summed E-state index contributed by atoms with van der Waals surface area (Å²) < 4.78 is 5.53. The smallest absolute Gasteiger partial charge is 0.232 e. The van der Waals surface area contributed by atoms with Crippen LogP contribution in [0.25, 0.3) is 0 Å². The van der Waals surface area contributed by atoms with Gasteiger partial charge in [-0.3, -0.25) is 0 Å². The molecule has 0 unspecified atom stereocenters. The summed E-state index contributed by atoms with van der Waals surface area (Å²) in [6.45, 7) is 5.15. The van der Waals surface area contributed by atoms with Crippen molar-refractivity contribution in [3.63, 3.8) is 0 Å². The molecule has 0 saturated carbocycles.